The van der Waals surface area contributed by atoms with Crippen molar-refractivity contribution in [3.63, 3.8) is 0 Å². The first-order chi connectivity index (χ1) is 7.29. The molecule has 1 unspecified atom stereocenters. The largest absolute Gasteiger partial charge is 0.340 e. The van der Waals surface area contributed by atoms with Crippen molar-refractivity contribution in [2.75, 3.05) is 24.7 Å². The van der Waals surface area contributed by atoms with Crippen LogP contribution in [0.25, 0.3) is 0 Å². The van der Waals surface area contributed by atoms with E-state index in [1.165, 1.54) is 0 Å². The first-order valence-corrected chi connectivity index (χ1v) is 5.46. The van der Waals surface area contributed by atoms with Gasteiger partial charge in [0.15, 0.2) is 0 Å². The van der Waals surface area contributed by atoms with Crippen molar-refractivity contribution in [2.45, 2.75) is 12.8 Å². The third kappa shape index (κ3) is 2.56. The van der Waals surface area contributed by atoms with Crippen LogP contribution >= 0.6 is 11.6 Å². The minimum atomic E-state index is -0.260. The number of piperidine rings is 1. The van der Waals surface area contributed by atoms with Crippen LogP contribution < -0.4 is 4.90 Å². The molecule has 0 saturated carbocycles. The number of rotatable bonds is 2. The summed E-state index contributed by atoms with van der Waals surface area (Å²) in [5.41, 5.74) is 0. The van der Waals surface area contributed by atoms with Crippen molar-refractivity contribution in [3.8, 4) is 0 Å². The van der Waals surface area contributed by atoms with Gasteiger partial charge in [0.05, 0.1) is 24.1 Å². The molecule has 0 radical (unpaired) electrons. The predicted octanol–water partition coefficient (Wildman–Crippen LogP) is 2.32. The van der Waals surface area contributed by atoms with E-state index in [1.807, 2.05) is 4.90 Å². The molecule has 1 fully saturated rings. The van der Waals surface area contributed by atoms with Crippen LogP contribution in [0.5, 0.6) is 0 Å². The Balaban J connectivity index is 2.06. The Morgan fingerprint density at radius 3 is 2.87 bits per heavy atom. The monoisotopic (exact) mass is 229 g/mol. The van der Waals surface area contributed by atoms with Gasteiger partial charge in [-0.25, -0.2) is 9.97 Å². The number of nitrogens with zero attached hydrogens (tertiary/aromatic N) is 3. The van der Waals surface area contributed by atoms with Gasteiger partial charge in [-0.05, 0) is 12.8 Å². The maximum atomic E-state index is 12.5. The van der Waals surface area contributed by atoms with E-state index in [2.05, 4.69) is 9.97 Å². The van der Waals surface area contributed by atoms with Crippen LogP contribution in [0.2, 0.25) is 5.02 Å². The Morgan fingerprint density at radius 1 is 1.47 bits per heavy atom. The second kappa shape index (κ2) is 4.75. The predicted molar refractivity (Wildman–Crippen MR) is 58.0 cm³/mol. The highest BCUT2D eigenvalue weighted by Crippen LogP contribution is 2.20. The lowest BCUT2D eigenvalue weighted by atomic mass is 10.00. The third-order valence-corrected chi connectivity index (χ3v) is 2.82. The molecule has 0 aromatic carbocycles. The zero-order valence-corrected chi connectivity index (χ0v) is 9.12. The highest BCUT2D eigenvalue weighted by Gasteiger charge is 2.21. The highest BCUT2D eigenvalue weighted by atomic mass is 35.5. The molecule has 3 nitrogen and oxygen atoms in total. The lowest BCUT2D eigenvalue weighted by Gasteiger charge is -2.31. The molecule has 1 aliphatic rings. The fourth-order valence-corrected chi connectivity index (χ4v) is 1.94. The number of anilines is 1. The quantitative estimate of drug-likeness (QED) is 0.780. The van der Waals surface area contributed by atoms with E-state index in [4.69, 9.17) is 11.6 Å². The maximum absolute atomic E-state index is 12.5. The summed E-state index contributed by atoms with van der Waals surface area (Å²) in [6.45, 7) is 1.35. The maximum Gasteiger partial charge on any atom is 0.225 e. The molecule has 1 saturated heterocycles. The van der Waals surface area contributed by atoms with Gasteiger partial charge in [-0.3, -0.25) is 4.39 Å². The second-order valence-corrected chi connectivity index (χ2v) is 4.25. The Bertz CT molecular complexity index is 317. The minimum Gasteiger partial charge on any atom is -0.340 e. The van der Waals surface area contributed by atoms with Gasteiger partial charge in [-0.1, -0.05) is 11.6 Å². The van der Waals surface area contributed by atoms with E-state index < -0.39 is 0 Å². The Morgan fingerprint density at radius 2 is 2.20 bits per heavy atom. The summed E-state index contributed by atoms with van der Waals surface area (Å²) in [5, 5.41) is 0.526. The van der Waals surface area contributed by atoms with Crippen molar-refractivity contribution in [2.24, 2.45) is 5.92 Å². The Labute approximate surface area is 93.3 Å². The van der Waals surface area contributed by atoms with Crippen LogP contribution in [-0.2, 0) is 0 Å². The van der Waals surface area contributed by atoms with E-state index in [1.54, 1.807) is 12.4 Å². The molecule has 0 amide bonds. The molecule has 15 heavy (non-hydrogen) atoms. The smallest absolute Gasteiger partial charge is 0.225 e. The molecule has 0 aliphatic carbocycles. The molecule has 82 valence electrons. The van der Waals surface area contributed by atoms with Crippen molar-refractivity contribution in [3.05, 3.63) is 17.4 Å². The van der Waals surface area contributed by atoms with Gasteiger partial charge in [0, 0.05) is 19.0 Å². The fourth-order valence-electron chi connectivity index (χ4n) is 1.84. The minimum absolute atomic E-state index is 0.123. The molecule has 5 heteroatoms. The number of halogens is 2. The second-order valence-electron chi connectivity index (χ2n) is 3.81. The van der Waals surface area contributed by atoms with Crippen molar-refractivity contribution < 1.29 is 4.39 Å². The van der Waals surface area contributed by atoms with Crippen LogP contribution in [0.15, 0.2) is 12.4 Å². The summed E-state index contributed by atoms with van der Waals surface area (Å²) >= 11 is 5.70. The molecule has 0 N–H and O–H groups in total. The van der Waals surface area contributed by atoms with E-state index in [0.29, 0.717) is 17.5 Å². The standard InChI is InChI=1S/C10H13ClFN3/c11-9-5-13-10(14-6-9)15-3-1-2-8(4-12)7-15/h5-6,8H,1-4,7H2. The van der Waals surface area contributed by atoms with Gasteiger partial charge in [-0.15, -0.1) is 0 Å². The highest BCUT2D eigenvalue weighted by molar-refractivity contribution is 6.30. The van der Waals surface area contributed by atoms with Crippen LogP contribution in [0.3, 0.4) is 0 Å². The first kappa shape index (κ1) is 10.6. The molecule has 2 rings (SSSR count). The summed E-state index contributed by atoms with van der Waals surface area (Å²) < 4.78 is 12.5. The van der Waals surface area contributed by atoms with E-state index in [9.17, 15) is 4.39 Å². The molecular weight excluding hydrogens is 217 g/mol. The lowest BCUT2D eigenvalue weighted by molar-refractivity contribution is 0.314. The lowest BCUT2D eigenvalue weighted by Crippen LogP contribution is -2.37. The average molecular weight is 230 g/mol. The molecule has 0 spiro atoms. The van der Waals surface area contributed by atoms with Gasteiger partial charge in [0.25, 0.3) is 0 Å². The van der Waals surface area contributed by atoms with Crippen LogP contribution in [0.4, 0.5) is 10.3 Å². The molecule has 2 heterocycles. The summed E-state index contributed by atoms with van der Waals surface area (Å²) in [5.74, 6) is 0.774. The molecule has 1 aromatic rings. The number of aromatic nitrogens is 2. The summed E-state index contributed by atoms with van der Waals surface area (Å²) in [6, 6.07) is 0. The summed E-state index contributed by atoms with van der Waals surface area (Å²) in [7, 11) is 0. The number of hydrogen-bond donors (Lipinski definition) is 0. The molecule has 0 bridgehead atoms. The molecule has 1 atom stereocenters. The topological polar surface area (TPSA) is 29.0 Å². The SMILES string of the molecule is FCC1CCCN(c2ncc(Cl)cn2)C1. The zero-order chi connectivity index (χ0) is 10.7. The van der Waals surface area contributed by atoms with Gasteiger partial charge >= 0.3 is 0 Å². The van der Waals surface area contributed by atoms with E-state index in [0.717, 1.165) is 19.4 Å². The van der Waals surface area contributed by atoms with Gasteiger partial charge in [0.2, 0.25) is 5.95 Å². The van der Waals surface area contributed by atoms with Crippen molar-refractivity contribution >= 4 is 17.5 Å². The van der Waals surface area contributed by atoms with E-state index >= 15 is 0 Å². The normalized spacial score (nSPS) is 21.7. The molecule has 1 aromatic heterocycles. The van der Waals surface area contributed by atoms with Gasteiger partial charge in [-0.2, -0.15) is 0 Å². The Hall–Kier alpha value is -0.900. The summed E-state index contributed by atoms with van der Waals surface area (Å²) in [6.07, 6.45) is 5.10. The van der Waals surface area contributed by atoms with Gasteiger partial charge in [0.1, 0.15) is 0 Å². The van der Waals surface area contributed by atoms with E-state index in [-0.39, 0.29) is 12.6 Å². The molecule has 1 aliphatic heterocycles. The zero-order valence-electron chi connectivity index (χ0n) is 8.37. The van der Waals surface area contributed by atoms with Crippen LogP contribution in [0.1, 0.15) is 12.8 Å². The number of hydrogen-bond acceptors (Lipinski definition) is 3. The van der Waals surface area contributed by atoms with Crippen molar-refractivity contribution in [1.29, 1.82) is 0 Å². The Kier molecular flexibility index (Phi) is 3.36. The number of alkyl halides is 1. The summed E-state index contributed by atoms with van der Waals surface area (Å²) in [4.78, 5) is 10.3. The first-order valence-electron chi connectivity index (χ1n) is 5.08. The average Bonchev–Trinajstić information content (AvgIpc) is 2.30. The van der Waals surface area contributed by atoms with Gasteiger partial charge < -0.3 is 4.90 Å². The third-order valence-electron chi connectivity index (χ3n) is 2.63. The van der Waals surface area contributed by atoms with Crippen LogP contribution in [0, 0.1) is 5.92 Å². The van der Waals surface area contributed by atoms with Crippen molar-refractivity contribution in [1.82, 2.24) is 9.97 Å². The fraction of sp³-hybridized carbons (Fsp3) is 0.600. The van der Waals surface area contributed by atoms with Crippen LogP contribution in [-0.4, -0.2) is 29.7 Å². The molecular formula is C10H13ClFN3.